The van der Waals surface area contributed by atoms with Crippen molar-refractivity contribution in [3.8, 4) is 0 Å². The topological polar surface area (TPSA) is 94.4 Å². The van der Waals surface area contributed by atoms with E-state index in [2.05, 4.69) is 47.3 Å². The Balaban J connectivity index is 1.38. The number of hydrogen-bond donors (Lipinski definition) is 1. The summed E-state index contributed by atoms with van der Waals surface area (Å²) in [7, 11) is 6.30. The van der Waals surface area contributed by atoms with Gasteiger partial charge in [-0.25, -0.2) is 0 Å². The first kappa shape index (κ1) is 22.7. The van der Waals surface area contributed by atoms with Gasteiger partial charge in [-0.2, -0.15) is 0 Å². The van der Waals surface area contributed by atoms with Crippen LogP contribution in [0.2, 0.25) is 0 Å². The second kappa shape index (κ2) is 9.64. The molecule has 0 spiro atoms. The van der Waals surface area contributed by atoms with Gasteiger partial charge in [-0.15, -0.1) is 0 Å². The first-order chi connectivity index (χ1) is 16.0. The van der Waals surface area contributed by atoms with Crippen molar-refractivity contribution in [3.63, 3.8) is 0 Å². The van der Waals surface area contributed by atoms with Gasteiger partial charge in [-0.3, -0.25) is 0 Å². The number of ether oxygens (including phenoxy) is 1. The molecule has 1 fully saturated rings. The van der Waals surface area contributed by atoms with E-state index in [0.29, 0.717) is 18.2 Å². The van der Waals surface area contributed by atoms with E-state index in [0.717, 1.165) is 92.0 Å². The van der Waals surface area contributed by atoms with E-state index in [9.17, 15) is 4.55 Å². The van der Waals surface area contributed by atoms with E-state index in [1.54, 1.807) is 0 Å². The van der Waals surface area contributed by atoms with Crippen molar-refractivity contribution in [3.05, 3.63) is 23.4 Å². The second-order valence-corrected chi connectivity index (χ2v) is 10.5. The number of imidazole rings is 1. The van der Waals surface area contributed by atoms with Crippen molar-refractivity contribution < 1.29 is 9.29 Å². The first-order valence-electron chi connectivity index (χ1n) is 11.9. The number of hydrogen-bond acceptors (Lipinski definition) is 8. The summed E-state index contributed by atoms with van der Waals surface area (Å²) in [6, 6.07) is 0.289. The molecule has 5 rings (SSSR count). The van der Waals surface area contributed by atoms with Crippen LogP contribution in [0.1, 0.15) is 43.4 Å². The predicted octanol–water partition coefficient (Wildman–Crippen LogP) is 0.669. The van der Waals surface area contributed by atoms with E-state index in [4.69, 9.17) is 19.7 Å². The molecule has 2 aromatic heterocycles. The van der Waals surface area contributed by atoms with E-state index < -0.39 is 11.2 Å². The molecular weight excluding hydrogens is 437 g/mol. The van der Waals surface area contributed by atoms with Crippen LogP contribution in [0.3, 0.4) is 0 Å². The summed E-state index contributed by atoms with van der Waals surface area (Å²) >= 11 is -1.04. The summed E-state index contributed by atoms with van der Waals surface area (Å²) in [5, 5.41) is 3.56. The fourth-order valence-electron chi connectivity index (χ4n) is 4.69. The van der Waals surface area contributed by atoms with Crippen LogP contribution in [0.15, 0.2) is 11.1 Å². The third kappa shape index (κ3) is 4.63. The molecule has 1 atom stereocenters. The zero-order chi connectivity index (χ0) is 22.9. The Kier molecular flexibility index (Phi) is 6.62. The van der Waals surface area contributed by atoms with Crippen LogP contribution in [0.5, 0.6) is 0 Å². The summed E-state index contributed by atoms with van der Waals surface area (Å²) in [6.45, 7) is 6.88. The number of fused-ring (bicyclic) bond motifs is 2. The van der Waals surface area contributed by atoms with Crippen LogP contribution in [0, 0.1) is 0 Å². The molecule has 11 heteroatoms. The number of anilines is 2. The quantitative estimate of drug-likeness (QED) is 0.467. The van der Waals surface area contributed by atoms with Gasteiger partial charge < -0.3 is 4.74 Å². The number of nitrogens with one attached hydrogen (secondary N) is 1. The maximum atomic E-state index is 12.7. The molecule has 33 heavy (non-hydrogen) atoms. The standard InChI is InChI=1S/C22H32BN7O2S/c1-3-7-28(2)20(23)17-13-29-8-9-30(14-18(29)25-17)22-26-16-6-12-33(31)19(16)21(27-22)24-15-4-10-32-11-5-15/h13,15,23H,3-12,14H2,1-2H3,(H,24,26,27). The first-order valence-corrected chi connectivity index (χ1v) is 13.2. The molecule has 1 unspecified atom stereocenters. The molecule has 0 amide bonds. The van der Waals surface area contributed by atoms with Gasteiger partial charge in [0.05, 0.1) is 0 Å². The van der Waals surface area contributed by atoms with Gasteiger partial charge in [0.15, 0.2) is 0 Å². The minimum atomic E-state index is -1.04. The Bertz CT molecular complexity index is 1030. The van der Waals surface area contributed by atoms with Crippen LogP contribution < -0.4 is 10.2 Å². The Morgan fingerprint density at radius 3 is 2.91 bits per heavy atom. The molecule has 5 heterocycles. The maximum absolute atomic E-state index is 12.7. The number of aromatic nitrogens is 4. The van der Waals surface area contributed by atoms with Gasteiger partial charge in [0, 0.05) is 13.2 Å². The number of nitrogens with zero attached hydrogens (tertiary/aromatic N) is 6. The van der Waals surface area contributed by atoms with Crippen molar-refractivity contribution in [2.75, 3.05) is 49.3 Å². The molecule has 0 aliphatic carbocycles. The molecule has 0 radical (unpaired) electrons. The number of aryl methyl sites for hydroxylation is 1. The SMILES string of the molecule is B=C(c1cn2c(n1)CN(c1nc3c(c(NC4CCOCC4)n1)[S+]([O-])CC3)CC2)N(C)CCC. The van der Waals surface area contributed by atoms with Crippen molar-refractivity contribution in [1.29, 1.82) is 0 Å². The summed E-state index contributed by atoms with van der Waals surface area (Å²) < 4.78 is 20.4. The Morgan fingerprint density at radius 1 is 1.30 bits per heavy atom. The van der Waals surface area contributed by atoms with Crippen molar-refractivity contribution in [1.82, 2.24) is 24.4 Å². The van der Waals surface area contributed by atoms with Crippen LogP contribution >= 0.6 is 0 Å². The summed E-state index contributed by atoms with van der Waals surface area (Å²) in [5.74, 6) is 3.05. The third-order valence-corrected chi connectivity index (χ3v) is 8.10. The molecule has 176 valence electrons. The summed E-state index contributed by atoms with van der Waals surface area (Å²) in [5.41, 5.74) is 2.79. The van der Waals surface area contributed by atoms with Crippen LogP contribution in [0.25, 0.3) is 0 Å². The monoisotopic (exact) mass is 469 g/mol. The van der Waals surface area contributed by atoms with Crippen molar-refractivity contribution >= 4 is 36.0 Å². The molecule has 9 nitrogen and oxygen atoms in total. The van der Waals surface area contributed by atoms with E-state index in [1.807, 2.05) is 0 Å². The molecule has 0 bridgehead atoms. The normalized spacial score (nSPS) is 20.4. The van der Waals surface area contributed by atoms with Crippen LogP contribution in [-0.2, 0) is 35.4 Å². The van der Waals surface area contributed by atoms with Gasteiger partial charge in [0.25, 0.3) is 0 Å². The molecule has 1 N–H and O–H groups in total. The fourth-order valence-corrected chi connectivity index (χ4v) is 6.00. The van der Waals surface area contributed by atoms with E-state index in [1.165, 1.54) is 0 Å². The van der Waals surface area contributed by atoms with Gasteiger partial charge in [-0.1, -0.05) is 0 Å². The zero-order valence-electron chi connectivity index (χ0n) is 19.5. The van der Waals surface area contributed by atoms with E-state index in [-0.39, 0.29) is 6.04 Å². The average Bonchev–Trinajstić information content (AvgIpc) is 3.42. The average molecular weight is 469 g/mol. The zero-order valence-corrected chi connectivity index (χ0v) is 20.4. The predicted molar refractivity (Wildman–Crippen MR) is 132 cm³/mol. The fraction of sp³-hybridized carbons (Fsp3) is 0.636. The molecule has 2 aromatic rings. The van der Waals surface area contributed by atoms with Crippen LogP contribution in [-0.4, -0.2) is 87.2 Å². The Labute approximate surface area is 199 Å². The summed E-state index contributed by atoms with van der Waals surface area (Å²) in [4.78, 5) is 19.7. The summed E-state index contributed by atoms with van der Waals surface area (Å²) in [6.07, 6.45) is 5.77. The van der Waals surface area contributed by atoms with E-state index >= 15 is 0 Å². The van der Waals surface area contributed by atoms with Gasteiger partial charge >= 0.3 is 181 Å². The Hall–Kier alpha value is -2.11. The van der Waals surface area contributed by atoms with Gasteiger partial charge in [0.1, 0.15) is 0 Å². The molecule has 1 saturated heterocycles. The van der Waals surface area contributed by atoms with Crippen molar-refractivity contribution in [2.45, 2.75) is 56.6 Å². The molecule has 3 aliphatic rings. The van der Waals surface area contributed by atoms with Gasteiger partial charge in [-0.05, 0) is 0 Å². The molecule has 3 aliphatic heterocycles. The van der Waals surface area contributed by atoms with Crippen LogP contribution in [0.4, 0.5) is 11.8 Å². The third-order valence-electron chi connectivity index (χ3n) is 6.64. The second-order valence-electron chi connectivity index (χ2n) is 9.00. The number of rotatable bonds is 7. The van der Waals surface area contributed by atoms with Crippen molar-refractivity contribution in [2.24, 2.45) is 0 Å². The Morgan fingerprint density at radius 2 is 2.12 bits per heavy atom. The minimum absolute atomic E-state index is 0.289. The molecule has 0 saturated carbocycles. The molecular formula is C22H32BN7O2S. The van der Waals surface area contributed by atoms with Gasteiger partial charge in [0.2, 0.25) is 0 Å². The molecule has 0 aromatic carbocycles.